The first-order chi connectivity index (χ1) is 5.44. The van der Waals surface area contributed by atoms with Crippen molar-refractivity contribution in [3.63, 3.8) is 0 Å². The molecular formula is C6H7F7. The predicted molar refractivity (Wildman–Crippen MR) is 30.8 cm³/mol. The van der Waals surface area contributed by atoms with Crippen molar-refractivity contribution in [2.75, 3.05) is 0 Å². The van der Waals surface area contributed by atoms with E-state index in [0.29, 0.717) is 13.8 Å². The van der Waals surface area contributed by atoms with E-state index in [1.165, 1.54) is 0 Å². The molecule has 13 heavy (non-hydrogen) atoms. The molecular weight excluding hydrogens is 205 g/mol. The Morgan fingerprint density at radius 3 is 1.15 bits per heavy atom. The van der Waals surface area contributed by atoms with Crippen molar-refractivity contribution in [1.29, 1.82) is 0 Å². The summed E-state index contributed by atoms with van der Waals surface area (Å²) in [5.74, 6) is -13.1. The van der Waals surface area contributed by atoms with Crippen LogP contribution in [0.5, 0.6) is 0 Å². The second-order valence-electron chi connectivity index (χ2n) is 2.85. The first kappa shape index (κ1) is 12.5. The third kappa shape index (κ3) is 1.88. The Labute approximate surface area is 69.7 Å². The lowest BCUT2D eigenvalue weighted by atomic mass is 9.99. The lowest BCUT2D eigenvalue weighted by molar-refractivity contribution is -0.363. The fraction of sp³-hybridized carbons (Fsp3) is 1.00. The Kier molecular flexibility index (Phi) is 2.91. The highest BCUT2D eigenvalue weighted by molar-refractivity contribution is 4.92. The van der Waals surface area contributed by atoms with Crippen LogP contribution in [0.3, 0.4) is 0 Å². The first-order valence-electron chi connectivity index (χ1n) is 3.27. The Morgan fingerprint density at radius 2 is 1.08 bits per heavy atom. The van der Waals surface area contributed by atoms with Crippen LogP contribution in [0.25, 0.3) is 0 Å². The fourth-order valence-corrected chi connectivity index (χ4v) is 0.552. The normalized spacial score (nSPS) is 15.2. The SMILES string of the molecule is CC(C)C(F)(F)C(F)(F)C(F)(F)F. The van der Waals surface area contributed by atoms with Gasteiger partial charge in [-0.2, -0.15) is 30.7 Å². The van der Waals surface area contributed by atoms with E-state index in [2.05, 4.69) is 0 Å². The Bertz CT molecular complexity index is 178. The number of rotatable bonds is 2. The average Bonchev–Trinajstić information content (AvgIpc) is 1.84. The zero-order valence-electron chi connectivity index (χ0n) is 6.72. The largest absolute Gasteiger partial charge is 0.459 e. The maximum atomic E-state index is 12.4. The maximum Gasteiger partial charge on any atom is 0.459 e. The molecule has 7 heteroatoms. The molecule has 0 saturated carbocycles. The van der Waals surface area contributed by atoms with Crippen LogP contribution in [-0.2, 0) is 0 Å². The minimum Gasteiger partial charge on any atom is -0.199 e. The maximum absolute atomic E-state index is 12.4. The molecule has 0 aromatic heterocycles. The standard InChI is InChI=1S/C6H7F7/c1-3(2)4(7,8)5(9,10)6(11,12)13/h3H,1-2H3. The molecule has 0 aliphatic carbocycles. The van der Waals surface area contributed by atoms with E-state index in [0.717, 1.165) is 0 Å². The van der Waals surface area contributed by atoms with Crippen LogP contribution in [0.4, 0.5) is 30.7 Å². The molecule has 0 atom stereocenters. The van der Waals surface area contributed by atoms with Gasteiger partial charge in [0.2, 0.25) is 0 Å². The molecule has 0 heterocycles. The second-order valence-corrected chi connectivity index (χ2v) is 2.85. The molecule has 0 unspecified atom stereocenters. The van der Waals surface area contributed by atoms with Gasteiger partial charge in [-0.05, 0) is 0 Å². The van der Waals surface area contributed by atoms with Crippen LogP contribution in [0, 0.1) is 5.92 Å². The van der Waals surface area contributed by atoms with Crippen molar-refractivity contribution < 1.29 is 30.7 Å². The van der Waals surface area contributed by atoms with Gasteiger partial charge in [-0.25, -0.2) is 0 Å². The summed E-state index contributed by atoms with van der Waals surface area (Å²) < 4.78 is 83.2. The summed E-state index contributed by atoms with van der Waals surface area (Å²) >= 11 is 0. The average molecular weight is 212 g/mol. The molecule has 0 aliphatic heterocycles. The van der Waals surface area contributed by atoms with Crippen molar-refractivity contribution in [2.24, 2.45) is 5.92 Å². The van der Waals surface area contributed by atoms with Crippen LogP contribution >= 0.6 is 0 Å². The molecule has 0 fully saturated rings. The topological polar surface area (TPSA) is 0 Å². The van der Waals surface area contributed by atoms with Crippen LogP contribution in [0.15, 0.2) is 0 Å². The van der Waals surface area contributed by atoms with E-state index in [4.69, 9.17) is 0 Å². The monoisotopic (exact) mass is 212 g/mol. The number of hydrogen-bond donors (Lipinski definition) is 0. The fourth-order valence-electron chi connectivity index (χ4n) is 0.552. The van der Waals surface area contributed by atoms with Crippen molar-refractivity contribution >= 4 is 0 Å². The van der Waals surface area contributed by atoms with Crippen molar-refractivity contribution in [3.8, 4) is 0 Å². The van der Waals surface area contributed by atoms with Crippen molar-refractivity contribution in [3.05, 3.63) is 0 Å². The molecule has 80 valence electrons. The molecule has 0 N–H and O–H groups in total. The highest BCUT2D eigenvalue weighted by atomic mass is 19.4. The third-order valence-electron chi connectivity index (χ3n) is 1.50. The van der Waals surface area contributed by atoms with Gasteiger partial charge in [0.1, 0.15) is 0 Å². The van der Waals surface area contributed by atoms with Crippen molar-refractivity contribution in [2.45, 2.75) is 31.9 Å². The summed E-state index contributed by atoms with van der Waals surface area (Å²) in [5.41, 5.74) is 0. The first-order valence-corrected chi connectivity index (χ1v) is 3.27. The molecule has 0 rings (SSSR count). The third-order valence-corrected chi connectivity index (χ3v) is 1.50. The molecule has 0 bridgehead atoms. The van der Waals surface area contributed by atoms with Gasteiger partial charge < -0.3 is 0 Å². The highest BCUT2D eigenvalue weighted by Crippen LogP contribution is 2.49. The van der Waals surface area contributed by atoms with Gasteiger partial charge in [0.25, 0.3) is 0 Å². The quantitative estimate of drug-likeness (QED) is 0.614. The second kappa shape index (κ2) is 3.02. The lowest BCUT2D eigenvalue weighted by Gasteiger charge is -2.30. The molecule has 0 radical (unpaired) electrons. The number of halogens is 7. The molecule has 0 amide bonds. The van der Waals surface area contributed by atoms with Gasteiger partial charge in [0.15, 0.2) is 0 Å². The zero-order chi connectivity index (χ0) is 11.1. The van der Waals surface area contributed by atoms with Crippen LogP contribution in [0.2, 0.25) is 0 Å². The number of alkyl halides is 7. The molecule has 0 aromatic carbocycles. The van der Waals surface area contributed by atoms with Gasteiger partial charge in [0.05, 0.1) is 0 Å². The Morgan fingerprint density at radius 1 is 0.769 bits per heavy atom. The van der Waals surface area contributed by atoms with E-state index >= 15 is 0 Å². The Hall–Kier alpha value is -0.490. The minimum atomic E-state index is -6.22. The molecule has 0 aliphatic rings. The highest BCUT2D eigenvalue weighted by Gasteiger charge is 2.73. The summed E-state index contributed by atoms with van der Waals surface area (Å²) in [4.78, 5) is 0. The predicted octanol–water partition coefficient (Wildman–Crippen LogP) is 3.48. The van der Waals surface area contributed by atoms with Gasteiger partial charge in [-0.1, -0.05) is 13.8 Å². The van der Waals surface area contributed by atoms with E-state index in [1.54, 1.807) is 0 Å². The molecule has 0 spiro atoms. The van der Waals surface area contributed by atoms with E-state index in [-0.39, 0.29) is 0 Å². The molecule has 0 nitrogen and oxygen atoms in total. The summed E-state index contributed by atoms with van der Waals surface area (Å²) in [5, 5.41) is 0. The summed E-state index contributed by atoms with van der Waals surface area (Å²) in [6.07, 6.45) is -6.22. The Balaban J connectivity index is 5.04. The van der Waals surface area contributed by atoms with Crippen molar-refractivity contribution in [1.82, 2.24) is 0 Å². The summed E-state index contributed by atoms with van der Waals surface area (Å²) in [7, 11) is 0. The number of hydrogen-bond acceptors (Lipinski definition) is 0. The van der Waals surface area contributed by atoms with Crippen LogP contribution < -0.4 is 0 Å². The lowest BCUT2D eigenvalue weighted by Crippen LogP contribution is -2.54. The van der Waals surface area contributed by atoms with Gasteiger partial charge >= 0.3 is 18.0 Å². The summed E-state index contributed by atoms with van der Waals surface area (Å²) in [6, 6.07) is 0. The van der Waals surface area contributed by atoms with Crippen LogP contribution in [-0.4, -0.2) is 18.0 Å². The van der Waals surface area contributed by atoms with Gasteiger partial charge in [-0.15, -0.1) is 0 Å². The molecule has 0 aromatic rings. The molecule has 0 saturated heterocycles. The summed E-state index contributed by atoms with van der Waals surface area (Å²) in [6.45, 7) is 1.19. The van der Waals surface area contributed by atoms with E-state index in [1.807, 2.05) is 0 Å². The zero-order valence-corrected chi connectivity index (χ0v) is 6.72. The minimum absolute atomic E-state index is 0.597. The van der Waals surface area contributed by atoms with Crippen LogP contribution in [0.1, 0.15) is 13.8 Å². The van der Waals surface area contributed by atoms with Gasteiger partial charge in [0, 0.05) is 5.92 Å². The van der Waals surface area contributed by atoms with E-state index in [9.17, 15) is 30.7 Å². The van der Waals surface area contributed by atoms with E-state index < -0.39 is 23.9 Å². The van der Waals surface area contributed by atoms with Gasteiger partial charge in [-0.3, -0.25) is 0 Å². The smallest absolute Gasteiger partial charge is 0.199 e.